The minimum absolute atomic E-state index is 0.238. The minimum atomic E-state index is -0.449. The van der Waals surface area contributed by atoms with Crippen molar-refractivity contribution < 1.29 is 23.8 Å². The van der Waals surface area contributed by atoms with Crippen molar-refractivity contribution in [3.8, 4) is 17.2 Å². The summed E-state index contributed by atoms with van der Waals surface area (Å²) in [4.78, 5) is 26.1. The molecule has 32 heavy (non-hydrogen) atoms. The Morgan fingerprint density at radius 1 is 0.656 bits per heavy atom. The van der Waals surface area contributed by atoms with Crippen LogP contribution < -0.4 is 24.8 Å². The third-order valence-corrected chi connectivity index (χ3v) is 5.22. The molecule has 7 heteroatoms. The average Bonchev–Trinajstić information content (AvgIpc) is 2.81. The number of anilines is 2. The van der Waals surface area contributed by atoms with Crippen LogP contribution in [0.15, 0.2) is 54.6 Å². The lowest BCUT2D eigenvalue weighted by Gasteiger charge is -2.17. The van der Waals surface area contributed by atoms with Crippen molar-refractivity contribution in [1.29, 1.82) is 0 Å². The van der Waals surface area contributed by atoms with Crippen molar-refractivity contribution in [2.45, 2.75) is 13.8 Å². The molecule has 0 saturated heterocycles. The van der Waals surface area contributed by atoms with E-state index in [4.69, 9.17) is 14.2 Å². The van der Waals surface area contributed by atoms with Crippen LogP contribution in [-0.2, 0) is 0 Å². The maximum absolute atomic E-state index is 13.1. The van der Waals surface area contributed by atoms with Gasteiger partial charge < -0.3 is 24.8 Å². The fourth-order valence-corrected chi connectivity index (χ4v) is 3.34. The Balaban J connectivity index is 1.91. The van der Waals surface area contributed by atoms with Gasteiger partial charge in [0.25, 0.3) is 11.8 Å². The number of methoxy groups -OCH3 is 3. The molecule has 7 nitrogen and oxygen atoms in total. The van der Waals surface area contributed by atoms with Crippen LogP contribution in [0.1, 0.15) is 31.8 Å². The number of para-hydroxylation sites is 1. The summed E-state index contributed by atoms with van der Waals surface area (Å²) in [5, 5.41) is 5.73. The molecular weight excluding hydrogens is 408 g/mol. The van der Waals surface area contributed by atoms with E-state index in [0.29, 0.717) is 22.7 Å². The number of carbonyl (C=O) groups excluding carboxylic acids is 2. The second kappa shape index (κ2) is 9.87. The highest BCUT2D eigenvalue weighted by Crippen LogP contribution is 2.40. The molecular formula is C25H26N2O5. The summed E-state index contributed by atoms with van der Waals surface area (Å²) in [7, 11) is 4.41. The van der Waals surface area contributed by atoms with Gasteiger partial charge >= 0.3 is 0 Å². The predicted molar refractivity (Wildman–Crippen MR) is 124 cm³/mol. The van der Waals surface area contributed by atoms with Gasteiger partial charge in [0.1, 0.15) is 0 Å². The summed E-state index contributed by atoms with van der Waals surface area (Å²) in [6.07, 6.45) is 0. The van der Waals surface area contributed by atoms with Crippen LogP contribution in [0.5, 0.6) is 17.2 Å². The first-order valence-corrected chi connectivity index (χ1v) is 9.98. The van der Waals surface area contributed by atoms with Crippen molar-refractivity contribution in [2.75, 3.05) is 32.0 Å². The zero-order valence-electron chi connectivity index (χ0n) is 18.7. The molecule has 0 aromatic heterocycles. The second-order valence-electron chi connectivity index (χ2n) is 7.08. The zero-order chi connectivity index (χ0) is 23.3. The maximum atomic E-state index is 13.1. The monoisotopic (exact) mass is 434 g/mol. The first-order chi connectivity index (χ1) is 15.4. The largest absolute Gasteiger partial charge is 0.493 e. The molecule has 2 amide bonds. The first kappa shape index (κ1) is 22.7. The van der Waals surface area contributed by atoms with E-state index in [-0.39, 0.29) is 17.2 Å². The van der Waals surface area contributed by atoms with Crippen molar-refractivity contribution in [1.82, 2.24) is 0 Å². The lowest BCUT2D eigenvalue weighted by Crippen LogP contribution is -2.19. The Bertz CT molecular complexity index is 1160. The number of carbonyl (C=O) groups is 2. The number of amides is 2. The topological polar surface area (TPSA) is 85.9 Å². The second-order valence-corrected chi connectivity index (χ2v) is 7.08. The average molecular weight is 434 g/mol. The Labute approximate surface area is 187 Å². The summed E-state index contributed by atoms with van der Waals surface area (Å²) in [5.41, 5.74) is 3.73. The van der Waals surface area contributed by atoms with E-state index in [2.05, 4.69) is 10.6 Å². The van der Waals surface area contributed by atoms with Gasteiger partial charge in [-0.05, 0) is 55.3 Å². The fourth-order valence-electron chi connectivity index (χ4n) is 3.34. The Morgan fingerprint density at radius 2 is 1.28 bits per heavy atom. The summed E-state index contributed by atoms with van der Waals surface area (Å²) in [6.45, 7) is 3.93. The van der Waals surface area contributed by atoms with Crippen molar-refractivity contribution >= 4 is 23.2 Å². The van der Waals surface area contributed by atoms with Gasteiger partial charge in [0, 0.05) is 5.69 Å². The molecule has 3 aromatic rings. The molecule has 0 aliphatic carbocycles. The smallest absolute Gasteiger partial charge is 0.259 e. The minimum Gasteiger partial charge on any atom is -0.493 e. The number of hydrogen-bond acceptors (Lipinski definition) is 5. The predicted octanol–water partition coefficient (Wildman–Crippen LogP) is 4.83. The summed E-state index contributed by atoms with van der Waals surface area (Å²) in [5.74, 6) is 0.211. The quantitative estimate of drug-likeness (QED) is 0.556. The van der Waals surface area contributed by atoms with E-state index in [1.165, 1.54) is 21.3 Å². The van der Waals surface area contributed by atoms with E-state index in [1.54, 1.807) is 36.4 Å². The third-order valence-electron chi connectivity index (χ3n) is 5.22. The molecule has 0 aliphatic rings. The molecule has 3 aromatic carbocycles. The van der Waals surface area contributed by atoms with Gasteiger partial charge in [0.05, 0.1) is 38.1 Å². The van der Waals surface area contributed by atoms with E-state index in [9.17, 15) is 9.59 Å². The van der Waals surface area contributed by atoms with E-state index in [1.807, 2.05) is 32.0 Å². The number of aryl methyl sites for hydroxylation is 1. The Hall–Kier alpha value is -4.00. The van der Waals surface area contributed by atoms with Gasteiger partial charge in [-0.1, -0.05) is 24.3 Å². The van der Waals surface area contributed by atoms with Crippen LogP contribution in [0.4, 0.5) is 11.4 Å². The molecule has 0 saturated carbocycles. The van der Waals surface area contributed by atoms with E-state index in [0.717, 1.165) is 16.8 Å². The highest BCUT2D eigenvalue weighted by atomic mass is 16.5. The van der Waals surface area contributed by atoms with Crippen LogP contribution in [0.2, 0.25) is 0 Å². The Morgan fingerprint density at radius 3 is 1.97 bits per heavy atom. The van der Waals surface area contributed by atoms with Gasteiger partial charge in [-0.15, -0.1) is 0 Å². The molecule has 0 spiro atoms. The van der Waals surface area contributed by atoms with Gasteiger partial charge in [0.15, 0.2) is 11.5 Å². The van der Waals surface area contributed by atoms with Crippen LogP contribution >= 0.6 is 0 Å². The van der Waals surface area contributed by atoms with Crippen molar-refractivity contribution in [3.05, 3.63) is 76.9 Å². The van der Waals surface area contributed by atoms with Crippen molar-refractivity contribution in [2.24, 2.45) is 0 Å². The SMILES string of the molecule is COc1ccc(C(=O)Nc2ccccc2C(=O)Nc2cccc(C)c2C)c(OC)c1OC. The molecule has 0 aliphatic heterocycles. The van der Waals surface area contributed by atoms with Crippen LogP contribution in [-0.4, -0.2) is 33.1 Å². The highest BCUT2D eigenvalue weighted by Gasteiger charge is 2.22. The van der Waals surface area contributed by atoms with Crippen LogP contribution in [0.25, 0.3) is 0 Å². The van der Waals surface area contributed by atoms with E-state index < -0.39 is 5.91 Å². The zero-order valence-corrected chi connectivity index (χ0v) is 18.7. The molecule has 0 unspecified atom stereocenters. The molecule has 0 bridgehead atoms. The van der Waals surface area contributed by atoms with Gasteiger partial charge in [-0.2, -0.15) is 0 Å². The summed E-state index contributed by atoms with van der Waals surface area (Å²) in [6, 6.07) is 15.7. The molecule has 3 rings (SSSR count). The molecule has 0 fully saturated rings. The van der Waals surface area contributed by atoms with Gasteiger partial charge in [-0.25, -0.2) is 0 Å². The number of nitrogens with one attached hydrogen (secondary N) is 2. The maximum Gasteiger partial charge on any atom is 0.259 e. The number of hydrogen-bond donors (Lipinski definition) is 2. The normalized spacial score (nSPS) is 10.3. The first-order valence-electron chi connectivity index (χ1n) is 9.98. The standard InChI is InChI=1S/C25H26N2O5/c1-15-9-8-12-19(16(15)2)26-24(28)17-10-6-7-11-20(17)27-25(29)18-13-14-21(30-3)23(32-5)22(18)31-4/h6-14H,1-5H3,(H,26,28)(H,27,29). The van der Waals surface area contributed by atoms with Crippen LogP contribution in [0.3, 0.4) is 0 Å². The molecule has 0 atom stereocenters. The summed E-state index contributed by atoms with van der Waals surface area (Å²) >= 11 is 0. The number of rotatable bonds is 7. The van der Waals surface area contributed by atoms with E-state index >= 15 is 0 Å². The Kier molecular flexibility index (Phi) is 7.00. The van der Waals surface area contributed by atoms with Crippen LogP contribution in [0, 0.1) is 13.8 Å². The molecule has 0 radical (unpaired) electrons. The van der Waals surface area contributed by atoms with Gasteiger partial charge in [-0.3, -0.25) is 9.59 Å². The summed E-state index contributed by atoms with van der Waals surface area (Å²) < 4.78 is 16.0. The van der Waals surface area contributed by atoms with Crippen molar-refractivity contribution in [3.63, 3.8) is 0 Å². The molecule has 0 heterocycles. The molecule has 166 valence electrons. The number of ether oxygens (including phenoxy) is 3. The lowest BCUT2D eigenvalue weighted by molar-refractivity contribution is 0.102. The molecule has 2 N–H and O–H groups in total. The third kappa shape index (κ3) is 4.51. The fraction of sp³-hybridized carbons (Fsp3) is 0.200. The van der Waals surface area contributed by atoms with Gasteiger partial charge in [0.2, 0.25) is 5.75 Å². The number of benzene rings is 3. The lowest BCUT2D eigenvalue weighted by atomic mass is 10.1. The highest BCUT2D eigenvalue weighted by molar-refractivity contribution is 6.13.